The molecule has 0 unspecified atom stereocenters. The molecule has 0 atom stereocenters. The molecule has 0 radical (unpaired) electrons. The molecule has 2 aromatic carbocycles. The Bertz CT molecular complexity index is 992. The fourth-order valence-electron chi connectivity index (χ4n) is 2.82. The standard InChI is InChI=1S/C21H21NO3/c1-21(2,3)17-9-8-15-10-11-22(19(23)18(15)12-17)13-14-4-6-16(7-5-14)20(24)25/h4-12H,13H2,1-3H3,(H,24,25). The molecule has 0 spiro atoms. The summed E-state index contributed by atoms with van der Waals surface area (Å²) < 4.78 is 1.66. The van der Waals surface area contributed by atoms with Crippen molar-refractivity contribution in [2.45, 2.75) is 32.7 Å². The van der Waals surface area contributed by atoms with E-state index in [0.29, 0.717) is 11.9 Å². The van der Waals surface area contributed by atoms with Crippen molar-refractivity contribution in [3.8, 4) is 0 Å². The summed E-state index contributed by atoms with van der Waals surface area (Å²) in [6.45, 7) is 6.79. The lowest BCUT2D eigenvalue weighted by Crippen LogP contribution is -2.21. The van der Waals surface area contributed by atoms with E-state index in [1.54, 1.807) is 35.0 Å². The molecule has 0 aliphatic heterocycles. The first-order valence-corrected chi connectivity index (χ1v) is 8.21. The number of rotatable bonds is 3. The van der Waals surface area contributed by atoms with E-state index in [9.17, 15) is 9.59 Å². The molecule has 4 heteroatoms. The van der Waals surface area contributed by atoms with Crippen LogP contribution in [0.1, 0.15) is 42.3 Å². The average Bonchev–Trinajstić information content (AvgIpc) is 2.57. The van der Waals surface area contributed by atoms with Crippen LogP contribution in [0.25, 0.3) is 10.8 Å². The van der Waals surface area contributed by atoms with Gasteiger partial charge in [-0.1, -0.05) is 45.0 Å². The number of hydrogen-bond acceptors (Lipinski definition) is 2. The van der Waals surface area contributed by atoms with Gasteiger partial charge in [0.25, 0.3) is 5.56 Å². The fourth-order valence-corrected chi connectivity index (χ4v) is 2.82. The molecular formula is C21H21NO3. The first-order valence-electron chi connectivity index (χ1n) is 8.21. The molecule has 4 nitrogen and oxygen atoms in total. The second-order valence-electron chi connectivity index (χ2n) is 7.30. The summed E-state index contributed by atoms with van der Waals surface area (Å²) in [5.41, 5.74) is 2.20. The van der Waals surface area contributed by atoms with E-state index in [1.807, 2.05) is 18.2 Å². The van der Waals surface area contributed by atoms with Gasteiger partial charge in [-0.05, 0) is 46.2 Å². The van der Waals surface area contributed by atoms with Gasteiger partial charge < -0.3 is 9.67 Å². The molecule has 1 aromatic heterocycles. The maximum atomic E-state index is 12.9. The number of carboxylic acid groups (broad SMARTS) is 1. The minimum Gasteiger partial charge on any atom is -0.478 e. The number of benzene rings is 2. The summed E-state index contributed by atoms with van der Waals surface area (Å²) in [5.74, 6) is -0.955. The molecule has 1 N–H and O–H groups in total. The minimum atomic E-state index is -0.955. The maximum Gasteiger partial charge on any atom is 0.335 e. The Labute approximate surface area is 146 Å². The van der Waals surface area contributed by atoms with Crippen molar-refractivity contribution >= 4 is 16.7 Å². The largest absolute Gasteiger partial charge is 0.478 e. The van der Waals surface area contributed by atoms with Crippen LogP contribution >= 0.6 is 0 Å². The number of carbonyl (C=O) groups is 1. The molecular weight excluding hydrogens is 314 g/mol. The first kappa shape index (κ1) is 17.0. The molecule has 0 amide bonds. The zero-order valence-electron chi connectivity index (χ0n) is 14.6. The molecule has 1 heterocycles. The lowest BCUT2D eigenvalue weighted by Gasteiger charge is -2.19. The minimum absolute atomic E-state index is 0.0199. The van der Waals surface area contributed by atoms with Crippen LogP contribution in [0, 0.1) is 0 Å². The van der Waals surface area contributed by atoms with E-state index in [-0.39, 0.29) is 16.5 Å². The molecule has 3 aromatic rings. The van der Waals surface area contributed by atoms with Gasteiger partial charge in [-0.15, -0.1) is 0 Å². The fraction of sp³-hybridized carbons (Fsp3) is 0.238. The summed E-state index contributed by atoms with van der Waals surface area (Å²) in [7, 11) is 0. The van der Waals surface area contributed by atoms with E-state index in [4.69, 9.17) is 5.11 Å². The maximum absolute atomic E-state index is 12.9. The van der Waals surface area contributed by atoms with E-state index < -0.39 is 5.97 Å². The third kappa shape index (κ3) is 3.48. The highest BCUT2D eigenvalue weighted by molar-refractivity contribution is 5.87. The van der Waals surface area contributed by atoms with Crippen LogP contribution in [0.5, 0.6) is 0 Å². The highest BCUT2D eigenvalue weighted by atomic mass is 16.4. The van der Waals surface area contributed by atoms with Gasteiger partial charge in [0, 0.05) is 11.6 Å². The smallest absolute Gasteiger partial charge is 0.335 e. The van der Waals surface area contributed by atoms with Crippen LogP contribution in [0.3, 0.4) is 0 Å². The van der Waals surface area contributed by atoms with Crippen molar-refractivity contribution in [1.29, 1.82) is 0 Å². The number of hydrogen-bond donors (Lipinski definition) is 1. The Morgan fingerprint density at radius 2 is 1.72 bits per heavy atom. The van der Waals surface area contributed by atoms with Crippen molar-refractivity contribution in [3.63, 3.8) is 0 Å². The van der Waals surface area contributed by atoms with Gasteiger partial charge in [0.15, 0.2) is 0 Å². The predicted molar refractivity (Wildman–Crippen MR) is 99.4 cm³/mol. The second kappa shape index (κ2) is 6.20. The van der Waals surface area contributed by atoms with Crippen LogP contribution in [0.4, 0.5) is 0 Å². The van der Waals surface area contributed by atoms with Crippen LogP contribution in [0.2, 0.25) is 0 Å². The van der Waals surface area contributed by atoms with Crippen LogP contribution in [0.15, 0.2) is 59.5 Å². The molecule has 0 bridgehead atoms. The van der Waals surface area contributed by atoms with Gasteiger partial charge in [-0.25, -0.2) is 4.79 Å². The summed E-state index contributed by atoms with van der Waals surface area (Å²) in [6.07, 6.45) is 1.78. The monoisotopic (exact) mass is 335 g/mol. The van der Waals surface area contributed by atoms with Gasteiger partial charge in [0.05, 0.1) is 12.1 Å². The molecule has 0 aliphatic rings. The highest BCUT2D eigenvalue weighted by Crippen LogP contribution is 2.24. The zero-order chi connectivity index (χ0) is 18.2. The lowest BCUT2D eigenvalue weighted by atomic mass is 9.86. The number of carboxylic acids is 1. The summed E-state index contributed by atoms with van der Waals surface area (Å²) in [6, 6.07) is 14.6. The SMILES string of the molecule is CC(C)(C)c1ccc2ccn(Cc3ccc(C(=O)O)cc3)c(=O)c2c1. The lowest BCUT2D eigenvalue weighted by molar-refractivity contribution is 0.0697. The zero-order valence-corrected chi connectivity index (χ0v) is 14.6. The van der Waals surface area contributed by atoms with Crippen LogP contribution in [-0.2, 0) is 12.0 Å². The van der Waals surface area contributed by atoms with E-state index in [0.717, 1.165) is 16.5 Å². The summed E-state index contributed by atoms with van der Waals surface area (Å²) >= 11 is 0. The van der Waals surface area contributed by atoms with Crippen molar-refractivity contribution in [2.75, 3.05) is 0 Å². The van der Waals surface area contributed by atoms with Crippen molar-refractivity contribution in [2.24, 2.45) is 0 Å². The van der Waals surface area contributed by atoms with E-state index >= 15 is 0 Å². The molecule has 3 rings (SSSR count). The molecule has 0 saturated heterocycles. The van der Waals surface area contributed by atoms with Gasteiger partial charge >= 0.3 is 5.97 Å². The number of fused-ring (bicyclic) bond motifs is 1. The molecule has 0 aliphatic carbocycles. The number of nitrogens with zero attached hydrogens (tertiary/aromatic N) is 1. The third-order valence-electron chi connectivity index (χ3n) is 4.40. The topological polar surface area (TPSA) is 59.3 Å². The molecule has 128 valence electrons. The Balaban J connectivity index is 2.00. The van der Waals surface area contributed by atoms with Crippen molar-refractivity contribution < 1.29 is 9.90 Å². The quantitative estimate of drug-likeness (QED) is 0.785. The summed E-state index contributed by atoms with van der Waals surface area (Å²) in [5, 5.41) is 10.6. The number of pyridine rings is 1. The number of aromatic nitrogens is 1. The van der Waals surface area contributed by atoms with Crippen LogP contribution in [-0.4, -0.2) is 15.6 Å². The Hall–Kier alpha value is -2.88. The Morgan fingerprint density at radius 3 is 2.32 bits per heavy atom. The Kier molecular flexibility index (Phi) is 4.21. The average molecular weight is 335 g/mol. The van der Waals surface area contributed by atoms with Gasteiger partial charge in [-0.2, -0.15) is 0 Å². The van der Waals surface area contributed by atoms with Gasteiger partial charge in [0.1, 0.15) is 0 Å². The highest BCUT2D eigenvalue weighted by Gasteiger charge is 2.15. The first-order chi connectivity index (χ1) is 11.8. The van der Waals surface area contributed by atoms with Crippen LogP contribution < -0.4 is 5.56 Å². The van der Waals surface area contributed by atoms with E-state index in [2.05, 4.69) is 26.8 Å². The van der Waals surface area contributed by atoms with Gasteiger partial charge in [0.2, 0.25) is 0 Å². The second-order valence-corrected chi connectivity index (χ2v) is 7.30. The number of aromatic carboxylic acids is 1. The predicted octanol–water partition coefficient (Wildman–Crippen LogP) is 4.05. The molecule has 0 saturated carbocycles. The van der Waals surface area contributed by atoms with Crippen molar-refractivity contribution in [3.05, 3.63) is 81.8 Å². The molecule has 0 fully saturated rings. The van der Waals surface area contributed by atoms with E-state index in [1.165, 1.54) is 0 Å². The third-order valence-corrected chi connectivity index (χ3v) is 4.40. The van der Waals surface area contributed by atoms with Crippen molar-refractivity contribution in [1.82, 2.24) is 4.57 Å². The summed E-state index contributed by atoms with van der Waals surface area (Å²) in [4.78, 5) is 23.8. The van der Waals surface area contributed by atoms with Gasteiger partial charge in [-0.3, -0.25) is 4.79 Å². The molecule has 25 heavy (non-hydrogen) atoms. The Morgan fingerprint density at radius 1 is 1.04 bits per heavy atom. The normalized spacial score (nSPS) is 11.6.